The van der Waals surface area contributed by atoms with Gasteiger partial charge in [-0.15, -0.1) is 0 Å². The Balaban J connectivity index is 2.84. The predicted molar refractivity (Wildman–Crippen MR) is 65.5 cm³/mol. The fourth-order valence-electron chi connectivity index (χ4n) is 1.61. The lowest BCUT2D eigenvalue weighted by Crippen LogP contribution is -2.32. The summed E-state index contributed by atoms with van der Waals surface area (Å²) >= 11 is 3.28. The van der Waals surface area contributed by atoms with Gasteiger partial charge in [-0.05, 0) is 46.9 Å². The van der Waals surface area contributed by atoms with Crippen LogP contribution in [0.25, 0.3) is 0 Å². The first-order chi connectivity index (χ1) is 7.06. The first-order valence-electron chi connectivity index (χ1n) is 5.16. The molecule has 0 saturated carbocycles. The molecule has 15 heavy (non-hydrogen) atoms. The summed E-state index contributed by atoms with van der Waals surface area (Å²) < 4.78 is 13.9. The molecule has 0 spiro atoms. The molecule has 1 nitrogen and oxygen atoms in total. The molecular weight excluding hydrogens is 257 g/mol. The van der Waals surface area contributed by atoms with Gasteiger partial charge in [-0.1, -0.05) is 26.0 Å². The summed E-state index contributed by atoms with van der Waals surface area (Å²) in [4.78, 5) is 0. The van der Waals surface area contributed by atoms with Crippen LogP contribution in [-0.4, -0.2) is 13.1 Å². The quantitative estimate of drug-likeness (QED) is 0.887. The van der Waals surface area contributed by atoms with E-state index in [9.17, 15) is 4.39 Å². The van der Waals surface area contributed by atoms with E-state index in [1.54, 1.807) is 6.07 Å². The lowest BCUT2D eigenvalue weighted by molar-refractivity contribution is 0.423. The van der Waals surface area contributed by atoms with Gasteiger partial charge < -0.3 is 5.32 Å². The van der Waals surface area contributed by atoms with Crippen molar-refractivity contribution in [3.63, 3.8) is 0 Å². The highest BCUT2D eigenvalue weighted by atomic mass is 79.9. The number of likely N-dealkylation sites (N-methyl/N-ethyl adjacent to an activating group) is 1. The summed E-state index contributed by atoms with van der Waals surface area (Å²) in [6, 6.07) is 5.56. The zero-order valence-corrected chi connectivity index (χ0v) is 10.9. The van der Waals surface area contributed by atoms with Crippen molar-refractivity contribution in [3.05, 3.63) is 34.1 Å². The van der Waals surface area contributed by atoms with Crippen LogP contribution in [0.4, 0.5) is 4.39 Å². The Morgan fingerprint density at radius 2 is 2.07 bits per heavy atom. The molecule has 1 aromatic rings. The molecule has 0 saturated heterocycles. The molecule has 0 aliphatic rings. The second kappa shape index (κ2) is 5.61. The smallest absolute Gasteiger partial charge is 0.137 e. The third kappa shape index (κ3) is 3.28. The van der Waals surface area contributed by atoms with Gasteiger partial charge in [-0.3, -0.25) is 0 Å². The minimum absolute atomic E-state index is 0.189. The monoisotopic (exact) mass is 273 g/mol. The summed E-state index contributed by atoms with van der Waals surface area (Å²) in [6.07, 6.45) is 0.840. The van der Waals surface area contributed by atoms with Crippen molar-refractivity contribution in [2.75, 3.05) is 7.05 Å². The van der Waals surface area contributed by atoms with Crippen molar-refractivity contribution in [1.29, 1.82) is 0 Å². The Hall–Kier alpha value is -0.410. The van der Waals surface area contributed by atoms with E-state index in [2.05, 4.69) is 35.1 Å². The maximum absolute atomic E-state index is 13.3. The molecular formula is C12H17BrFN. The minimum atomic E-state index is -0.189. The van der Waals surface area contributed by atoms with Gasteiger partial charge in [-0.2, -0.15) is 0 Å². The van der Waals surface area contributed by atoms with E-state index >= 15 is 0 Å². The molecule has 0 radical (unpaired) electrons. The Bertz CT molecular complexity index is 325. The van der Waals surface area contributed by atoms with Crippen LogP contribution in [0, 0.1) is 11.7 Å². The third-order valence-electron chi connectivity index (χ3n) is 2.65. The first-order valence-corrected chi connectivity index (χ1v) is 5.95. The SMILES string of the molecule is CNC(Cc1cccc(F)c1Br)C(C)C. The number of benzene rings is 1. The number of nitrogens with one attached hydrogen (secondary N) is 1. The molecule has 0 bridgehead atoms. The number of hydrogen-bond donors (Lipinski definition) is 1. The molecule has 0 amide bonds. The van der Waals surface area contributed by atoms with Crippen LogP contribution in [0.2, 0.25) is 0 Å². The van der Waals surface area contributed by atoms with Gasteiger partial charge in [0.25, 0.3) is 0 Å². The van der Waals surface area contributed by atoms with E-state index in [0.717, 1.165) is 12.0 Å². The highest BCUT2D eigenvalue weighted by Gasteiger charge is 2.14. The average Bonchev–Trinajstić information content (AvgIpc) is 2.19. The van der Waals surface area contributed by atoms with E-state index in [1.165, 1.54) is 6.07 Å². The van der Waals surface area contributed by atoms with Crippen molar-refractivity contribution < 1.29 is 4.39 Å². The van der Waals surface area contributed by atoms with Crippen LogP contribution >= 0.6 is 15.9 Å². The fourth-order valence-corrected chi connectivity index (χ4v) is 2.04. The molecule has 1 unspecified atom stereocenters. The lowest BCUT2D eigenvalue weighted by atomic mass is 9.96. The van der Waals surface area contributed by atoms with Gasteiger partial charge in [0, 0.05) is 6.04 Å². The Labute approximate surface area is 99.2 Å². The Morgan fingerprint density at radius 3 is 2.60 bits per heavy atom. The van der Waals surface area contributed by atoms with Gasteiger partial charge in [0.15, 0.2) is 0 Å². The second-order valence-electron chi connectivity index (χ2n) is 4.06. The second-order valence-corrected chi connectivity index (χ2v) is 4.85. The van der Waals surface area contributed by atoms with Crippen molar-refractivity contribution in [1.82, 2.24) is 5.32 Å². The van der Waals surface area contributed by atoms with Crippen LogP contribution in [0.5, 0.6) is 0 Å². The molecule has 0 aliphatic carbocycles. The van der Waals surface area contributed by atoms with Crippen LogP contribution < -0.4 is 5.32 Å². The highest BCUT2D eigenvalue weighted by Crippen LogP contribution is 2.22. The van der Waals surface area contributed by atoms with Crippen molar-refractivity contribution in [2.24, 2.45) is 5.92 Å². The summed E-state index contributed by atoms with van der Waals surface area (Å²) in [7, 11) is 1.94. The molecule has 0 fully saturated rings. The van der Waals surface area contributed by atoms with Crippen LogP contribution in [0.3, 0.4) is 0 Å². The van der Waals surface area contributed by atoms with Gasteiger partial charge in [0.05, 0.1) is 4.47 Å². The fraction of sp³-hybridized carbons (Fsp3) is 0.500. The third-order valence-corrected chi connectivity index (χ3v) is 3.53. The lowest BCUT2D eigenvalue weighted by Gasteiger charge is -2.20. The summed E-state index contributed by atoms with van der Waals surface area (Å²) in [5, 5.41) is 3.25. The first kappa shape index (κ1) is 12.7. The molecule has 0 heterocycles. The van der Waals surface area contributed by atoms with Crippen molar-refractivity contribution in [3.8, 4) is 0 Å². The number of halogens is 2. The normalized spacial score (nSPS) is 13.2. The number of hydrogen-bond acceptors (Lipinski definition) is 1. The van der Waals surface area contributed by atoms with E-state index in [1.807, 2.05) is 13.1 Å². The molecule has 1 N–H and O–H groups in total. The van der Waals surface area contributed by atoms with Gasteiger partial charge in [0.1, 0.15) is 5.82 Å². The summed E-state index contributed by atoms with van der Waals surface area (Å²) in [5.74, 6) is 0.344. The number of rotatable bonds is 4. The zero-order chi connectivity index (χ0) is 11.4. The van der Waals surface area contributed by atoms with Crippen LogP contribution in [0.1, 0.15) is 19.4 Å². The van der Waals surface area contributed by atoms with E-state index in [0.29, 0.717) is 16.4 Å². The van der Waals surface area contributed by atoms with E-state index in [4.69, 9.17) is 0 Å². The molecule has 84 valence electrons. The predicted octanol–water partition coefficient (Wildman–Crippen LogP) is 3.37. The molecule has 0 aromatic heterocycles. The Kier molecular flexibility index (Phi) is 4.74. The average molecular weight is 274 g/mol. The van der Waals surface area contributed by atoms with Gasteiger partial charge >= 0.3 is 0 Å². The Morgan fingerprint density at radius 1 is 1.40 bits per heavy atom. The minimum Gasteiger partial charge on any atom is -0.316 e. The topological polar surface area (TPSA) is 12.0 Å². The maximum atomic E-state index is 13.3. The van der Waals surface area contributed by atoms with Crippen molar-refractivity contribution >= 4 is 15.9 Å². The summed E-state index contributed by atoms with van der Waals surface area (Å²) in [5.41, 5.74) is 1.02. The molecule has 0 aliphatic heterocycles. The van der Waals surface area contributed by atoms with Gasteiger partial charge in [0.2, 0.25) is 0 Å². The van der Waals surface area contributed by atoms with Crippen molar-refractivity contribution in [2.45, 2.75) is 26.3 Å². The summed E-state index contributed by atoms with van der Waals surface area (Å²) in [6.45, 7) is 4.32. The zero-order valence-electron chi connectivity index (χ0n) is 9.35. The standard InChI is InChI=1S/C12H17BrFN/c1-8(2)11(15-3)7-9-5-4-6-10(14)12(9)13/h4-6,8,11,15H,7H2,1-3H3. The molecule has 1 atom stereocenters. The highest BCUT2D eigenvalue weighted by molar-refractivity contribution is 9.10. The largest absolute Gasteiger partial charge is 0.316 e. The van der Waals surface area contributed by atoms with Crippen LogP contribution in [-0.2, 0) is 6.42 Å². The van der Waals surface area contributed by atoms with E-state index < -0.39 is 0 Å². The van der Waals surface area contributed by atoms with Gasteiger partial charge in [-0.25, -0.2) is 4.39 Å². The maximum Gasteiger partial charge on any atom is 0.137 e. The van der Waals surface area contributed by atoms with Crippen LogP contribution in [0.15, 0.2) is 22.7 Å². The molecule has 3 heteroatoms. The molecule has 1 aromatic carbocycles. The molecule has 1 rings (SSSR count). The van der Waals surface area contributed by atoms with E-state index in [-0.39, 0.29) is 5.82 Å².